The van der Waals surface area contributed by atoms with Gasteiger partial charge in [0, 0.05) is 12.8 Å². The zero-order valence-electron chi connectivity index (χ0n) is 14.8. The zero-order chi connectivity index (χ0) is 16.1. The quantitative estimate of drug-likeness (QED) is 0.561. The monoisotopic (exact) mass is 312 g/mol. The highest BCUT2D eigenvalue weighted by molar-refractivity contribution is 5.69. The van der Waals surface area contributed by atoms with E-state index in [-0.39, 0.29) is 11.6 Å². The number of carbonyl (C=O) groups is 1. The van der Waals surface area contributed by atoms with Crippen LogP contribution in [-0.4, -0.2) is 24.8 Å². The Morgan fingerprint density at radius 2 is 1.27 bits per heavy atom. The lowest BCUT2D eigenvalue weighted by Gasteiger charge is -2.25. The van der Waals surface area contributed by atoms with Gasteiger partial charge in [-0.05, 0) is 26.7 Å². The van der Waals surface area contributed by atoms with Crippen LogP contribution in [0.4, 0.5) is 0 Å². The third-order valence-electron chi connectivity index (χ3n) is 4.45. The van der Waals surface area contributed by atoms with Crippen molar-refractivity contribution in [1.29, 1.82) is 0 Å². The Kier molecular flexibility index (Phi) is 10.6. The molecule has 1 rings (SSSR count). The molecule has 0 bridgehead atoms. The molecule has 1 heterocycles. The van der Waals surface area contributed by atoms with E-state index in [1.54, 1.807) is 0 Å². The molecule has 0 unspecified atom stereocenters. The van der Waals surface area contributed by atoms with Crippen molar-refractivity contribution in [2.24, 2.45) is 0 Å². The average molecular weight is 312 g/mol. The van der Waals surface area contributed by atoms with Crippen LogP contribution >= 0.6 is 0 Å². The van der Waals surface area contributed by atoms with Crippen molar-refractivity contribution in [2.45, 2.75) is 103 Å². The molecule has 3 heteroatoms. The van der Waals surface area contributed by atoms with Gasteiger partial charge in [0.1, 0.15) is 0 Å². The summed E-state index contributed by atoms with van der Waals surface area (Å²) in [5.41, 5.74) is -0.0487. The van der Waals surface area contributed by atoms with E-state index in [1.165, 1.54) is 51.4 Å². The van der Waals surface area contributed by atoms with Crippen molar-refractivity contribution >= 4 is 5.97 Å². The molecule has 1 aliphatic rings. The summed E-state index contributed by atoms with van der Waals surface area (Å²) >= 11 is 0. The Labute approximate surface area is 137 Å². The van der Waals surface area contributed by atoms with Gasteiger partial charge < -0.3 is 9.47 Å². The Morgan fingerprint density at radius 1 is 0.727 bits per heavy atom. The number of hydrogen-bond donors (Lipinski definition) is 0. The minimum Gasteiger partial charge on any atom is -0.466 e. The van der Waals surface area contributed by atoms with E-state index in [0.717, 1.165) is 25.7 Å². The van der Waals surface area contributed by atoms with Crippen molar-refractivity contribution in [3.63, 3.8) is 0 Å². The molecule has 0 aromatic carbocycles. The van der Waals surface area contributed by atoms with Crippen LogP contribution in [0.1, 0.15) is 97.3 Å². The van der Waals surface area contributed by atoms with Crippen molar-refractivity contribution in [1.82, 2.24) is 0 Å². The summed E-state index contributed by atoms with van der Waals surface area (Å²) in [5, 5.41) is 0. The number of hydrogen-bond acceptors (Lipinski definition) is 3. The maximum absolute atomic E-state index is 11.6. The first-order chi connectivity index (χ1) is 10.6. The van der Waals surface area contributed by atoms with Crippen LogP contribution < -0.4 is 0 Å². The van der Waals surface area contributed by atoms with Crippen molar-refractivity contribution in [2.75, 3.05) is 13.2 Å². The summed E-state index contributed by atoms with van der Waals surface area (Å²) < 4.78 is 11.2. The first-order valence-electron chi connectivity index (χ1n) is 9.40. The molecule has 22 heavy (non-hydrogen) atoms. The smallest absolute Gasteiger partial charge is 0.305 e. The number of cyclic esters (lactones) is 1. The van der Waals surface area contributed by atoms with E-state index in [2.05, 4.69) is 13.8 Å². The van der Waals surface area contributed by atoms with Crippen LogP contribution in [0.3, 0.4) is 0 Å². The van der Waals surface area contributed by atoms with E-state index < -0.39 is 0 Å². The van der Waals surface area contributed by atoms with Gasteiger partial charge in [0.15, 0.2) is 0 Å². The predicted molar refractivity (Wildman–Crippen MR) is 91.0 cm³/mol. The zero-order valence-corrected chi connectivity index (χ0v) is 14.8. The van der Waals surface area contributed by atoms with Gasteiger partial charge in [0.25, 0.3) is 0 Å². The molecule has 1 saturated heterocycles. The first-order valence-corrected chi connectivity index (χ1v) is 9.40. The molecular formula is C19H36O3. The molecule has 0 aliphatic carbocycles. The van der Waals surface area contributed by atoms with E-state index in [9.17, 15) is 4.79 Å². The third-order valence-corrected chi connectivity index (χ3v) is 4.45. The Morgan fingerprint density at radius 3 is 1.91 bits per heavy atom. The molecule has 0 aromatic rings. The van der Waals surface area contributed by atoms with Crippen molar-refractivity contribution < 1.29 is 14.3 Å². The number of esters is 1. The highest BCUT2D eigenvalue weighted by Gasteiger charge is 2.17. The molecule has 0 atom stereocenters. The van der Waals surface area contributed by atoms with E-state index >= 15 is 0 Å². The second kappa shape index (κ2) is 11.9. The summed E-state index contributed by atoms with van der Waals surface area (Å²) in [6, 6.07) is 0. The number of carbonyl (C=O) groups excluding carboxylic acids is 1. The van der Waals surface area contributed by atoms with Crippen molar-refractivity contribution in [3.8, 4) is 0 Å². The predicted octanol–water partition coefficient (Wildman–Crippen LogP) is 5.41. The average Bonchev–Trinajstić information content (AvgIpc) is 2.47. The lowest BCUT2D eigenvalue weighted by atomic mass is 9.99. The molecule has 0 spiro atoms. The Bertz CT molecular complexity index is 286. The van der Waals surface area contributed by atoms with Gasteiger partial charge in [-0.15, -0.1) is 0 Å². The van der Waals surface area contributed by atoms with Gasteiger partial charge in [0.2, 0.25) is 0 Å². The molecule has 0 saturated carbocycles. The molecular weight excluding hydrogens is 276 g/mol. The van der Waals surface area contributed by atoms with Gasteiger partial charge in [-0.1, -0.05) is 57.8 Å². The summed E-state index contributed by atoms with van der Waals surface area (Å²) in [6.45, 7) is 5.51. The van der Waals surface area contributed by atoms with Gasteiger partial charge in [-0.2, -0.15) is 0 Å². The molecule has 0 amide bonds. The molecule has 0 aromatic heterocycles. The summed E-state index contributed by atoms with van der Waals surface area (Å²) in [6.07, 6.45) is 15.2. The maximum atomic E-state index is 11.6. The van der Waals surface area contributed by atoms with Gasteiger partial charge >= 0.3 is 5.97 Å². The standard InChI is InChI=1S/C19H36O3/c1-19(2)15-12-10-8-6-4-3-5-7-9-11-14-18(20)21-16-13-17-22-19/h3-17H2,1-2H3. The number of rotatable bonds is 0. The first kappa shape index (κ1) is 19.5. The largest absolute Gasteiger partial charge is 0.466 e. The molecule has 1 aliphatic heterocycles. The molecule has 3 nitrogen and oxygen atoms in total. The minimum absolute atomic E-state index is 0.0443. The van der Waals surface area contributed by atoms with Crippen molar-refractivity contribution in [3.05, 3.63) is 0 Å². The van der Waals surface area contributed by atoms with Crippen LogP contribution in [0.5, 0.6) is 0 Å². The molecule has 0 radical (unpaired) electrons. The van der Waals surface area contributed by atoms with Crippen LogP contribution in [-0.2, 0) is 14.3 Å². The molecule has 1 fully saturated rings. The maximum Gasteiger partial charge on any atom is 0.305 e. The van der Waals surface area contributed by atoms with Gasteiger partial charge in [-0.3, -0.25) is 4.79 Å². The molecule has 130 valence electrons. The van der Waals surface area contributed by atoms with Crippen LogP contribution in [0.15, 0.2) is 0 Å². The van der Waals surface area contributed by atoms with Gasteiger partial charge in [0.05, 0.1) is 18.8 Å². The van der Waals surface area contributed by atoms with Gasteiger partial charge in [-0.25, -0.2) is 0 Å². The van der Waals surface area contributed by atoms with E-state index in [4.69, 9.17) is 9.47 Å². The van der Waals surface area contributed by atoms with Crippen LogP contribution in [0, 0.1) is 0 Å². The highest BCUT2D eigenvalue weighted by Crippen LogP contribution is 2.20. The lowest BCUT2D eigenvalue weighted by Crippen LogP contribution is -2.25. The van der Waals surface area contributed by atoms with E-state index in [0.29, 0.717) is 19.6 Å². The number of ether oxygens (including phenoxy) is 2. The van der Waals surface area contributed by atoms with E-state index in [1.807, 2.05) is 0 Å². The summed E-state index contributed by atoms with van der Waals surface area (Å²) in [4.78, 5) is 11.6. The lowest BCUT2D eigenvalue weighted by molar-refractivity contribution is -0.144. The van der Waals surface area contributed by atoms with Crippen LogP contribution in [0.2, 0.25) is 0 Å². The normalized spacial score (nSPS) is 24.5. The topological polar surface area (TPSA) is 35.5 Å². The Hall–Kier alpha value is -0.570. The SMILES string of the molecule is CC1(C)CCCCCCCCCCCCC(=O)OCCCO1. The minimum atomic E-state index is -0.0487. The second-order valence-electron chi connectivity index (χ2n) is 7.22. The fourth-order valence-corrected chi connectivity index (χ4v) is 2.97. The second-order valence-corrected chi connectivity index (χ2v) is 7.22. The van der Waals surface area contributed by atoms with Crippen LogP contribution in [0.25, 0.3) is 0 Å². The fourth-order valence-electron chi connectivity index (χ4n) is 2.97. The summed E-state index contributed by atoms with van der Waals surface area (Å²) in [7, 11) is 0. The highest BCUT2D eigenvalue weighted by atomic mass is 16.5. The molecule has 0 N–H and O–H groups in total. The third kappa shape index (κ3) is 11.1. The fraction of sp³-hybridized carbons (Fsp3) is 0.947. The summed E-state index contributed by atoms with van der Waals surface area (Å²) in [5.74, 6) is -0.0443. The Balaban J connectivity index is 2.27.